The molecule has 0 aliphatic rings. The van der Waals surface area contributed by atoms with Gasteiger partial charge in [-0.15, -0.1) is 0 Å². The number of nitrogens with one attached hydrogen (secondary N) is 3. The second-order valence-electron chi connectivity index (χ2n) is 11.5. The first-order chi connectivity index (χ1) is 19.1. The van der Waals surface area contributed by atoms with Crippen molar-refractivity contribution in [1.82, 2.24) is 21.1 Å². The molecule has 0 aromatic heterocycles. The van der Waals surface area contributed by atoms with E-state index in [2.05, 4.69) is 41.8 Å². The van der Waals surface area contributed by atoms with Crippen molar-refractivity contribution in [3.63, 3.8) is 0 Å². The zero-order valence-corrected chi connectivity index (χ0v) is 26.6. The minimum Gasteiger partial charge on any atom is -0.356 e. The summed E-state index contributed by atoms with van der Waals surface area (Å²) in [5.74, 6) is 0.243. The number of nitrogens with zero attached hydrogens (tertiary/aromatic N) is 1. The quantitative estimate of drug-likeness (QED) is 0.0601. The molecule has 0 bridgehead atoms. The SMILES string of the molecule is CCCCCCCCCCCCNC(=O)CCNN(CCC)CCC(=O)NCCCCCCCCCCCC. The molecule has 0 saturated carbocycles. The van der Waals surface area contributed by atoms with Gasteiger partial charge in [-0.3, -0.25) is 15.0 Å². The fraction of sp³-hybridized carbons (Fsp3) is 0.939. The van der Waals surface area contributed by atoms with Crippen molar-refractivity contribution in [3.05, 3.63) is 0 Å². The van der Waals surface area contributed by atoms with Crippen LogP contribution < -0.4 is 16.1 Å². The molecule has 0 fully saturated rings. The molecule has 0 saturated heterocycles. The lowest BCUT2D eigenvalue weighted by Crippen LogP contribution is -2.42. The van der Waals surface area contributed by atoms with E-state index in [0.717, 1.165) is 38.9 Å². The molecule has 6 nitrogen and oxygen atoms in total. The fourth-order valence-corrected chi connectivity index (χ4v) is 4.96. The number of rotatable bonds is 31. The Bertz CT molecular complexity index is 530. The molecule has 0 rings (SSSR count). The van der Waals surface area contributed by atoms with Crippen LogP contribution in [0.15, 0.2) is 0 Å². The molecular weight excluding hydrogens is 484 g/mol. The Balaban J connectivity index is 3.64. The van der Waals surface area contributed by atoms with E-state index in [1.807, 2.05) is 0 Å². The van der Waals surface area contributed by atoms with Crippen LogP contribution >= 0.6 is 0 Å². The molecule has 0 aliphatic heterocycles. The molecule has 0 unspecified atom stereocenters. The van der Waals surface area contributed by atoms with Crippen molar-refractivity contribution in [3.8, 4) is 0 Å². The Hall–Kier alpha value is -1.14. The van der Waals surface area contributed by atoms with Gasteiger partial charge in [-0.1, -0.05) is 136 Å². The zero-order chi connectivity index (χ0) is 28.7. The van der Waals surface area contributed by atoms with Crippen molar-refractivity contribution in [2.75, 3.05) is 32.7 Å². The second kappa shape index (κ2) is 31.4. The van der Waals surface area contributed by atoms with E-state index in [4.69, 9.17) is 0 Å². The van der Waals surface area contributed by atoms with Crippen LogP contribution in [0.3, 0.4) is 0 Å². The van der Waals surface area contributed by atoms with Gasteiger partial charge in [0.1, 0.15) is 0 Å². The minimum absolute atomic E-state index is 0.115. The first-order valence-corrected chi connectivity index (χ1v) is 17.2. The van der Waals surface area contributed by atoms with Gasteiger partial charge in [-0.05, 0) is 19.3 Å². The van der Waals surface area contributed by atoms with Gasteiger partial charge in [0.2, 0.25) is 11.8 Å². The van der Waals surface area contributed by atoms with E-state index in [-0.39, 0.29) is 11.8 Å². The summed E-state index contributed by atoms with van der Waals surface area (Å²) in [5.41, 5.74) is 3.35. The highest BCUT2D eigenvalue weighted by molar-refractivity contribution is 5.76. The summed E-state index contributed by atoms with van der Waals surface area (Å²) < 4.78 is 0. The molecule has 6 heteroatoms. The topological polar surface area (TPSA) is 73.5 Å². The van der Waals surface area contributed by atoms with Crippen LogP contribution in [-0.2, 0) is 9.59 Å². The third-order valence-electron chi connectivity index (χ3n) is 7.49. The lowest BCUT2D eigenvalue weighted by atomic mass is 10.1. The van der Waals surface area contributed by atoms with Crippen LogP contribution in [0.25, 0.3) is 0 Å². The molecule has 0 aromatic rings. The number of carbonyl (C=O) groups is 2. The standard InChI is InChI=1S/C33H68N4O2/c1-4-7-9-11-13-15-17-19-21-23-27-34-32(38)25-29-36-37(30-6-3)31-26-33(39)35-28-24-22-20-18-16-14-12-10-8-5-2/h36H,4-31H2,1-3H3,(H,34,38)(H,35,39). The number of hydrogen-bond donors (Lipinski definition) is 3. The summed E-state index contributed by atoms with van der Waals surface area (Å²) >= 11 is 0. The largest absolute Gasteiger partial charge is 0.356 e. The average molecular weight is 553 g/mol. The van der Waals surface area contributed by atoms with Gasteiger partial charge in [0.05, 0.1) is 0 Å². The number of carbonyl (C=O) groups excluding carboxylic acids is 2. The fourth-order valence-electron chi connectivity index (χ4n) is 4.96. The molecule has 0 atom stereocenters. The number of amides is 2. The molecule has 0 heterocycles. The summed E-state index contributed by atoms with van der Waals surface area (Å²) in [6.45, 7) is 10.4. The van der Waals surface area contributed by atoms with Crippen LogP contribution in [0.1, 0.15) is 168 Å². The summed E-state index contributed by atoms with van der Waals surface area (Å²) in [7, 11) is 0. The monoisotopic (exact) mass is 553 g/mol. The smallest absolute Gasteiger partial charge is 0.221 e. The third-order valence-corrected chi connectivity index (χ3v) is 7.49. The molecule has 0 aromatic carbocycles. The van der Waals surface area contributed by atoms with E-state index in [0.29, 0.717) is 25.9 Å². The number of hydrazine groups is 1. The van der Waals surface area contributed by atoms with Crippen LogP contribution in [-0.4, -0.2) is 49.5 Å². The van der Waals surface area contributed by atoms with Crippen molar-refractivity contribution >= 4 is 11.8 Å². The number of hydrogen-bond acceptors (Lipinski definition) is 4. The highest BCUT2D eigenvalue weighted by Crippen LogP contribution is 2.11. The summed E-state index contributed by atoms with van der Waals surface area (Å²) in [6, 6.07) is 0. The lowest BCUT2D eigenvalue weighted by Gasteiger charge is -2.22. The van der Waals surface area contributed by atoms with Gasteiger partial charge in [0.15, 0.2) is 0 Å². The molecule has 3 N–H and O–H groups in total. The molecule has 39 heavy (non-hydrogen) atoms. The first kappa shape index (κ1) is 37.9. The Labute approximate surface area is 243 Å². The second-order valence-corrected chi connectivity index (χ2v) is 11.5. The van der Waals surface area contributed by atoms with Crippen molar-refractivity contribution in [2.24, 2.45) is 0 Å². The van der Waals surface area contributed by atoms with Gasteiger partial charge in [-0.2, -0.15) is 0 Å². The maximum absolute atomic E-state index is 12.2. The highest BCUT2D eigenvalue weighted by Gasteiger charge is 2.08. The van der Waals surface area contributed by atoms with Gasteiger partial charge in [0.25, 0.3) is 0 Å². The van der Waals surface area contributed by atoms with Crippen molar-refractivity contribution in [2.45, 2.75) is 168 Å². The Kier molecular flexibility index (Phi) is 30.5. The number of unbranched alkanes of at least 4 members (excludes halogenated alkanes) is 18. The first-order valence-electron chi connectivity index (χ1n) is 17.2. The maximum Gasteiger partial charge on any atom is 0.221 e. The summed E-state index contributed by atoms with van der Waals surface area (Å²) in [6.07, 6.45) is 28.2. The Morgan fingerprint density at radius 3 is 1.23 bits per heavy atom. The Morgan fingerprint density at radius 1 is 0.436 bits per heavy atom. The summed E-state index contributed by atoms with van der Waals surface area (Å²) in [4.78, 5) is 24.4. The predicted octanol–water partition coefficient (Wildman–Crippen LogP) is 8.06. The highest BCUT2D eigenvalue weighted by atomic mass is 16.2. The van der Waals surface area contributed by atoms with Gasteiger partial charge in [-0.25, -0.2) is 5.01 Å². The maximum atomic E-state index is 12.2. The van der Waals surface area contributed by atoms with Gasteiger partial charge < -0.3 is 10.6 Å². The molecular formula is C33H68N4O2. The van der Waals surface area contributed by atoms with Gasteiger partial charge in [0, 0.05) is 45.6 Å². The van der Waals surface area contributed by atoms with Gasteiger partial charge >= 0.3 is 0 Å². The third kappa shape index (κ3) is 29.7. The normalized spacial score (nSPS) is 11.3. The van der Waals surface area contributed by atoms with E-state index < -0.39 is 0 Å². The van der Waals surface area contributed by atoms with Crippen LogP contribution in [0, 0.1) is 0 Å². The molecule has 0 radical (unpaired) electrons. The molecule has 2 amide bonds. The van der Waals surface area contributed by atoms with E-state index in [1.165, 1.54) is 116 Å². The average Bonchev–Trinajstić information content (AvgIpc) is 2.93. The van der Waals surface area contributed by atoms with E-state index in [1.54, 1.807) is 0 Å². The molecule has 232 valence electrons. The van der Waals surface area contributed by atoms with Crippen LogP contribution in [0.4, 0.5) is 0 Å². The Morgan fingerprint density at radius 2 is 0.821 bits per heavy atom. The van der Waals surface area contributed by atoms with Crippen molar-refractivity contribution < 1.29 is 9.59 Å². The minimum atomic E-state index is 0.115. The lowest BCUT2D eigenvalue weighted by molar-refractivity contribution is -0.122. The van der Waals surface area contributed by atoms with E-state index in [9.17, 15) is 9.59 Å². The molecule has 0 aliphatic carbocycles. The van der Waals surface area contributed by atoms with Crippen LogP contribution in [0.5, 0.6) is 0 Å². The predicted molar refractivity (Wildman–Crippen MR) is 169 cm³/mol. The van der Waals surface area contributed by atoms with E-state index >= 15 is 0 Å². The summed E-state index contributed by atoms with van der Waals surface area (Å²) in [5, 5.41) is 8.23. The molecule has 0 spiro atoms. The zero-order valence-electron chi connectivity index (χ0n) is 26.6. The van der Waals surface area contributed by atoms with Crippen LogP contribution in [0.2, 0.25) is 0 Å². The van der Waals surface area contributed by atoms with Crippen molar-refractivity contribution in [1.29, 1.82) is 0 Å².